The molecule has 3 aromatic heterocycles. The van der Waals surface area contributed by atoms with Gasteiger partial charge >= 0.3 is 0 Å². The Morgan fingerprint density at radius 2 is 2.04 bits per heavy atom. The third-order valence-electron chi connectivity index (χ3n) is 4.46. The van der Waals surface area contributed by atoms with Crippen LogP contribution in [0.15, 0.2) is 47.0 Å². The van der Waals surface area contributed by atoms with E-state index in [4.69, 9.17) is 9.72 Å². The van der Waals surface area contributed by atoms with Gasteiger partial charge in [0.2, 0.25) is 0 Å². The zero-order valence-electron chi connectivity index (χ0n) is 15.7. The molecule has 0 unspecified atom stereocenters. The lowest BCUT2D eigenvalue weighted by atomic mass is 10.2. The van der Waals surface area contributed by atoms with Gasteiger partial charge in [-0.05, 0) is 31.2 Å². The van der Waals surface area contributed by atoms with Gasteiger partial charge in [-0.3, -0.25) is 0 Å². The van der Waals surface area contributed by atoms with Crippen LogP contribution in [0.3, 0.4) is 0 Å². The van der Waals surface area contributed by atoms with Crippen molar-refractivity contribution in [2.75, 3.05) is 37.2 Å². The molecule has 7 nitrogen and oxygen atoms in total. The van der Waals surface area contributed by atoms with Crippen molar-refractivity contribution >= 4 is 26.9 Å². The lowest BCUT2D eigenvalue weighted by molar-refractivity contribution is 0.0985. The van der Waals surface area contributed by atoms with Crippen LogP contribution in [-0.2, 0) is 14.5 Å². The van der Waals surface area contributed by atoms with Crippen LogP contribution < -0.4 is 4.90 Å². The number of aromatic nitrogens is 3. The predicted octanol–water partition coefficient (Wildman–Crippen LogP) is 2.98. The molecule has 0 aliphatic carbocycles. The lowest BCUT2D eigenvalue weighted by Crippen LogP contribution is -2.44. The standard InChI is InChI=1S/C19H23N5O2S/c1-14-13-26-11-10-23(14)18-12-17(22-27(2,3)25)20-19(21-18)16-8-4-6-15-7-5-9-24(15)16/h4-9,12,14H,10-11,13H2,1-3H3/t14-/m1/s1. The Morgan fingerprint density at radius 1 is 1.22 bits per heavy atom. The number of hydrogen-bond acceptors (Lipinski definition) is 6. The van der Waals surface area contributed by atoms with Crippen molar-refractivity contribution in [3.63, 3.8) is 0 Å². The van der Waals surface area contributed by atoms with Crippen molar-refractivity contribution in [1.82, 2.24) is 14.4 Å². The number of pyridine rings is 1. The van der Waals surface area contributed by atoms with E-state index in [0.29, 0.717) is 24.9 Å². The van der Waals surface area contributed by atoms with Crippen LogP contribution in [-0.4, -0.2) is 56.9 Å². The van der Waals surface area contributed by atoms with E-state index >= 15 is 0 Å². The molecule has 1 saturated heterocycles. The summed E-state index contributed by atoms with van der Waals surface area (Å²) in [5.74, 6) is 1.78. The quantitative estimate of drug-likeness (QED) is 0.693. The monoisotopic (exact) mass is 385 g/mol. The maximum Gasteiger partial charge on any atom is 0.180 e. The van der Waals surface area contributed by atoms with Crippen molar-refractivity contribution in [2.45, 2.75) is 13.0 Å². The Labute approximate surface area is 159 Å². The van der Waals surface area contributed by atoms with Gasteiger partial charge in [0, 0.05) is 46.6 Å². The fourth-order valence-electron chi connectivity index (χ4n) is 3.27. The average Bonchev–Trinajstić information content (AvgIpc) is 3.09. The number of morpholine rings is 1. The summed E-state index contributed by atoms with van der Waals surface area (Å²) in [6.45, 7) is 4.16. The van der Waals surface area contributed by atoms with E-state index in [1.807, 2.05) is 47.0 Å². The summed E-state index contributed by atoms with van der Waals surface area (Å²) in [4.78, 5) is 11.6. The van der Waals surface area contributed by atoms with Crippen LogP contribution in [0.5, 0.6) is 0 Å². The molecule has 0 saturated carbocycles. The smallest absolute Gasteiger partial charge is 0.180 e. The van der Waals surface area contributed by atoms with Gasteiger partial charge in [0.25, 0.3) is 0 Å². The summed E-state index contributed by atoms with van der Waals surface area (Å²) in [5.41, 5.74) is 1.94. The molecule has 1 aliphatic heterocycles. The molecule has 0 radical (unpaired) electrons. The number of rotatable bonds is 3. The Kier molecular flexibility index (Phi) is 4.61. The summed E-state index contributed by atoms with van der Waals surface area (Å²) >= 11 is 0. The van der Waals surface area contributed by atoms with E-state index in [9.17, 15) is 4.21 Å². The normalized spacial score (nSPS) is 18.0. The second kappa shape index (κ2) is 6.94. The van der Waals surface area contributed by atoms with Gasteiger partial charge < -0.3 is 14.0 Å². The largest absolute Gasteiger partial charge is 0.377 e. The summed E-state index contributed by atoms with van der Waals surface area (Å²) in [5, 5.41) is 0. The molecule has 1 fully saturated rings. The molecule has 1 aliphatic rings. The third kappa shape index (κ3) is 3.81. The molecule has 0 aromatic carbocycles. The molecule has 4 heterocycles. The van der Waals surface area contributed by atoms with Gasteiger partial charge in [0.05, 0.1) is 24.9 Å². The van der Waals surface area contributed by atoms with Crippen LogP contribution in [0.25, 0.3) is 17.0 Å². The van der Waals surface area contributed by atoms with Crippen LogP contribution in [0.2, 0.25) is 0 Å². The van der Waals surface area contributed by atoms with Crippen LogP contribution >= 0.6 is 0 Å². The highest BCUT2D eigenvalue weighted by atomic mass is 32.2. The van der Waals surface area contributed by atoms with Gasteiger partial charge in [0.1, 0.15) is 5.82 Å². The molecular formula is C19H23N5O2S. The van der Waals surface area contributed by atoms with Gasteiger partial charge in [-0.2, -0.15) is 4.36 Å². The third-order valence-corrected chi connectivity index (χ3v) is 5.09. The van der Waals surface area contributed by atoms with Gasteiger partial charge in [0.15, 0.2) is 11.6 Å². The first-order valence-corrected chi connectivity index (χ1v) is 11.2. The minimum atomic E-state index is -2.33. The number of nitrogens with zero attached hydrogens (tertiary/aromatic N) is 5. The van der Waals surface area contributed by atoms with E-state index in [1.54, 1.807) is 12.5 Å². The number of fused-ring (bicyclic) bond motifs is 1. The van der Waals surface area contributed by atoms with E-state index in [0.717, 1.165) is 23.6 Å². The topological polar surface area (TPSA) is 72.1 Å². The fraction of sp³-hybridized carbons (Fsp3) is 0.368. The van der Waals surface area contributed by atoms with E-state index in [-0.39, 0.29) is 6.04 Å². The van der Waals surface area contributed by atoms with Gasteiger partial charge in [-0.1, -0.05) is 6.07 Å². The zero-order valence-corrected chi connectivity index (χ0v) is 16.5. The SMILES string of the molecule is C[C@@H]1COCCN1c1cc(N=S(C)(C)=O)nc(-c2cccc3cccn23)n1. The van der Waals surface area contributed by atoms with Gasteiger partial charge in [-0.25, -0.2) is 14.2 Å². The zero-order chi connectivity index (χ0) is 19.0. The highest BCUT2D eigenvalue weighted by molar-refractivity contribution is 7.92. The minimum absolute atomic E-state index is 0.198. The number of hydrogen-bond donors (Lipinski definition) is 0. The van der Waals surface area contributed by atoms with Crippen molar-refractivity contribution in [1.29, 1.82) is 0 Å². The highest BCUT2D eigenvalue weighted by Gasteiger charge is 2.22. The van der Waals surface area contributed by atoms with Gasteiger partial charge in [-0.15, -0.1) is 0 Å². The molecule has 3 aromatic rings. The van der Waals surface area contributed by atoms with E-state index in [2.05, 4.69) is 21.2 Å². The molecule has 142 valence electrons. The first kappa shape index (κ1) is 17.9. The summed E-state index contributed by atoms with van der Waals surface area (Å²) in [7, 11) is -2.33. The van der Waals surface area contributed by atoms with Crippen molar-refractivity contribution < 1.29 is 8.95 Å². The molecule has 27 heavy (non-hydrogen) atoms. The number of ether oxygens (including phenoxy) is 1. The minimum Gasteiger partial charge on any atom is -0.377 e. The highest BCUT2D eigenvalue weighted by Crippen LogP contribution is 2.27. The second-order valence-electron chi connectivity index (χ2n) is 7.01. The molecule has 0 spiro atoms. The maximum atomic E-state index is 12.3. The summed E-state index contributed by atoms with van der Waals surface area (Å²) in [6, 6.07) is 12.0. The molecule has 4 rings (SSSR count). The molecular weight excluding hydrogens is 362 g/mol. The average molecular weight is 385 g/mol. The first-order valence-electron chi connectivity index (χ1n) is 8.88. The molecule has 0 amide bonds. The lowest BCUT2D eigenvalue weighted by Gasteiger charge is -2.34. The maximum absolute atomic E-state index is 12.3. The predicted molar refractivity (Wildman–Crippen MR) is 108 cm³/mol. The van der Waals surface area contributed by atoms with Crippen molar-refractivity contribution in [2.24, 2.45) is 4.36 Å². The van der Waals surface area contributed by atoms with Crippen LogP contribution in [0.4, 0.5) is 11.6 Å². The van der Waals surface area contributed by atoms with Crippen molar-refractivity contribution in [3.8, 4) is 11.5 Å². The van der Waals surface area contributed by atoms with E-state index in [1.165, 1.54) is 0 Å². The molecule has 8 heteroatoms. The first-order chi connectivity index (χ1) is 12.9. The Hall–Kier alpha value is -2.45. The van der Waals surface area contributed by atoms with E-state index < -0.39 is 9.73 Å². The summed E-state index contributed by atoms with van der Waals surface area (Å²) in [6.07, 6.45) is 5.20. The molecule has 0 bridgehead atoms. The van der Waals surface area contributed by atoms with Crippen LogP contribution in [0.1, 0.15) is 6.92 Å². The second-order valence-corrected chi connectivity index (χ2v) is 9.56. The Bertz CT molecular complexity index is 1090. The number of anilines is 1. The van der Waals surface area contributed by atoms with Crippen molar-refractivity contribution in [3.05, 3.63) is 42.6 Å². The molecule has 1 atom stereocenters. The Balaban J connectivity index is 1.91. The summed E-state index contributed by atoms with van der Waals surface area (Å²) < 4.78 is 24.2. The Morgan fingerprint density at radius 3 is 2.81 bits per heavy atom. The van der Waals surface area contributed by atoms with Crippen LogP contribution in [0, 0.1) is 0 Å². The molecule has 0 N–H and O–H groups in total. The fourth-order valence-corrected chi connectivity index (χ4v) is 3.82.